The molecule has 14 heavy (non-hydrogen) atoms. The highest BCUT2D eigenvalue weighted by Gasteiger charge is 2.04. The zero-order valence-electron chi connectivity index (χ0n) is 8.65. The van der Waals surface area contributed by atoms with Gasteiger partial charge in [-0.3, -0.25) is 0 Å². The number of hydrogen-bond acceptors (Lipinski definition) is 3. The number of aryl methyl sites for hydroxylation is 1. The minimum absolute atomic E-state index is 0.354. The van der Waals surface area contributed by atoms with Crippen LogP contribution in [0.4, 0.5) is 5.95 Å². The van der Waals surface area contributed by atoms with E-state index in [2.05, 4.69) is 29.2 Å². The molecule has 0 saturated carbocycles. The van der Waals surface area contributed by atoms with Gasteiger partial charge in [0.15, 0.2) is 5.65 Å². The lowest BCUT2D eigenvalue weighted by Gasteiger charge is -2.02. The van der Waals surface area contributed by atoms with Crippen molar-refractivity contribution in [2.45, 2.75) is 26.8 Å². The third kappa shape index (κ3) is 1.55. The van der Waals surface area contributed by atoms with Gasteiger partial charge in [0.25, 0.3) is 0 Å². The maximum absolute atomic E-state index is 4.35. The van der Waals surface area contributed by atoms with Crippen molar-refractivity contribution in [3.8, 4) is 0 Å². The summed E-state index contributed by atoms with van der Waals surface area (Å²) in [5.74, 6) is 0.689. The molecule has 2 rings (SSSR count). The smallest absolute Gasteiger partial charge is 0.243 e. The number of aromatic nitrogens is 3. The third-order valence-corrected chi connectivity index (χ3v) is 1.97. The Labute approximate surface area is 83.0 Å². The van der Waals surface area contributed by atoms with Gasteiger partial charge in [0.1, 0.15) is 0 Å². The van der Waals surface area contributed by atoms with E-state index < -0.39 is 0 Å². The first-order chi connectivity index (χ1) is 6.66. The van der Waals surface area contributed by atoms with E-state index in [-0.39, 0.29) is 0 Å². The van der Waals surface area contributed by atoms with Crippen LogP contribution in [0.5, 0.6) is 0 Å². The summed E-state index contributed by atoms with van der Waals surface area (Å²) in [6.45, 7) is 6.15. The standard InChI is InChI=1S/C10H14N4/c1-7(2)11-10-12-9-6-4-5-8(3)14(9)13-10/h4-7H,1-3H3,(H,11,13). The lowest BCUT2D eigenvalue weighted by atomic mass is 10.4. The average Bonchev–Trinajstić information content (AvgIpc) is 2.47. The van der Waals surface area contributed by atoms with Gasteiger partial charge in [0.05, 0.1) is 0 Å². The summed E-state index contributed by atoms with van der Waals surface area (Å²) >= 11 is 0. The van der Waals surface area contributed by atoms with Crippen molar-refractivity contribution in [3.05, 3.63) is 23.9 Å². The molecule has 0 bridgehead atoms. The predicted molar refractivity (Wildman–Crippen MR) is 56.5 cm³/mol. The zero-order valence-corrected chi connectivity index (χ0v) is 8.65. The number of rotatable bonds is 2. The van der Waals surface area contributed by atoms with Crippen LogP contribution in [-0.4, -0.2) is 20.6 Å². The molecule has 2 aromatic rings. The third-order valence-electron chi connectivity index (χ3n) is 1.97. The summed E-state index contributed by atoms with van der Waals surface area (Å²) in [6, 6.07) is 6.30. The number of fused-ring (bicyclic) bond motifs is 1. The maximum atomic E-state index is 4.35. The molecule has 2 aromatic heterocycles. The van der Waals surface area contributed by atoms with Gasteiger partial charge in [-0.1, -0.05) is 6.07 Å². The molecule has 0 aromatic carbocycles. The predicted octanol–water partition coefficient (Wildman–Crippen LogP) is 1.86. The van der Waals surface area contributed by atoms with Crippen molar-refractivity contribution in [1.82, 2.24) is 14.6 Å². The molecule has 74 valence electrons. The summed E-state index contributed by atoms with van der Waals surface area (Å²) in [5.41, 5.74) is 1.97. The van der Waals surface area contributed by atoms with Crippen LogP contribution >= 0.6 is 0 Å². The molecule has 0 fully saturated rings. The minimum Gasteiger partial charge on any atom is -0.351 e. The summed E-state index contributed by atoms with van der Waals surface area (Å²) < 4.78 is 1.84. The van der Waals surface area contributed by atoms with Crippen LogP contribution in [0, 0.1) is 6.92 Å². The molecular formula is C10H14N4. The summed E-state index contributed by atoms with van der Waals surface area (Å²) in [5, 5.41) is 7.53. The number of anilines is 1. The average molecular weight is 190 g/mol. The van der Waals surface area contributed by atoms with Crippen molar-refractivity contribution in [3.63, 3.8) is 0 Å². The van der Waals surface area contributed by atoms with Gasteiger partial charge >= 0.3 is 0 Å². The second-order valence-electron chi connectivity index (χ2n) is 3.67. The van der Waals surface area contributed by atoms with Crippen molar-refractivity contribution in [2.24, 2.45) is 0 Å². The molecule has 0 unspecified atom stereocenters. The van der Waals surface area contributed by atoms with Crippen molar-refractivity contribution in [1.29, 1.82) is 0 Å². The molecule has 4 nitrogen and oxygen atoms in total. The van der Waals surface area contributed by atoms with Crippen LogP contribution in [0.2, 0.25) is 0 Å². The summed E-state index contributed by atoms with van der Waals surface area (Å²) in [6.07, 6.45) is 0. The molecule has 0 radical (unpaired) electrons. The molecule has 0 atom stereocenters. The van der Waals surface area contributed by atoms with Gasteiger partial charge in [0.2, 0.25) is 5.95 Å². The van der Waals surface area contributed by atoms with Crippen LogP contribution in [0.25, 0.3) is 5.65 Å². The Morgan fingerprint density at radius 3 is 2.79 bits per heavy atom. The Kier molecular flexibility index (Phi) is 2.11. The Morgan fingerprint density at radius 1 is 1.36 bits per heavy atom. The lowest BCUT2D eigenvalue weighted by molar-refractivity contribution is 0.856. The second kappa shape index (κ2) is 3.29. The lowest BCUT2D eigenvalue weighted by Crippen LogP contribution is -2.10. The molecule has 0 spiro atoms. The molecule has 0 saturated heterocycles. The van der Waals surface area contributed by atoms with Crippen LogP contribution in [0.15, 0.2) is 18.2 Å². The topological polar surface area (TPSA) is 42.2 Å². The first-order valence-corrected chi connectivity index (χ1v) is 4.76. The highest BCUT2D eigenvalue weighted by molar-refractivity contribution is 5.44. The van der Waals surface area contributed by atoms with Gasteiger partial charge < -0.3 is 5.32 Å². The van der Waals surface area contributed by atoms with Crippen LogP contribution < -0.4 is 5.32 Å². The van der Waals surface area contributed by atoms with E-state index in [0.717, 1.165) is 11.3 Å². The number of nitrogens with zero attached hydrogens (tertiary/aromatic N) is 3. The fourth-order valence-corrected chi connectivity index (χ4v) is 1.35. The van der Waals surface area contributed by atoms with Crippen LogP contribution in [-0.2, 0) is 0 Å². The SMILES string of the molecule is Cc1cccc2nc(NC(C)C)nn12. The van der Waals surface area contributed by atoms with E-state index in [1.54, 1.807) is 0 Å². The number of hydrogen-bond donors (Lipinski definition) is 1. The Morgan fingerprint density at radius 2 is 2.14 bits per heavy atom. The van der Waals surface area contributed by atoms with Gasteiger partial charge in [-0.15, -0.1) is 5.10 Å². The quantitative estimate of drug-likeness (QED) is 0.786. The summed E-state index contributed by atoms with van der Waals surface area (Å²) in [4.78, 5) is 4.35. The van der Waals surface area contributed by atoms with E-state index in [4.69, 9.17) is 0 Å². The Hall–Kier alpha value is -1.58. The van der Waals surface area contributed by atoms with Gasteiger partial charge in [0, 0.05) is 11.7 Å². The Balaban J connectivity index is 2.46. The molecule has 0 aliphatic heterocycles. The molecule has 4 heteroatoms. The Bertz CT molecular complexity index is 444. The van der Waals surface area contributed by atoms with Crippen molar-refractivity contribution >= 4 is 11.6 Å². The van der Waals surface area contributed by atoms with Crippen molar-refractivity contribution < 1.29 is 0 Å². The maximum Gasteiger partial charge on any atom is 0.243 e. The molecule has 1 N–H and O–H groups in total. The van der Waals surface area contributed by atoms with Gasteiger partial charge in [-0.25, -0.2) is 4.52 Å². The molecule has 0 aliphatic carbocycles. The zero-order chi connectivity index (χ0) is 10.1. The first kappa shape index (κ1) is 8.99. The largest absolute Gasteiger partial charge is 0.351 e. The van der Waals surface area contributed by atoms with E-state index >= 15 is 0 Å². The van der Waals surface area contributed by atoms with E-state index in [1.807, 2.05) is 29.6 Å². The normalized spacial score (nSPS) is 11.1. The van der Waals surface area contributed by atoms with E-state index in [1.165, 1.54) is 0 Å². The molecular weight excluding hydrogens is 176 g/mol. The van der Waals surface area contributed by atoms with Crippen LogP contribution in [0.1, 0.15) is 19.5 Å². The van der Waals surface area contributed by atoms with Crippen molar-refractivity contribution in [2.75, 3.05) is 5.32 Å². The van der Waals surface area contributed by atoms with E-state index in [0.29, 0.717) is 12.0 Å². The molecule has 0 aliphatic rings. The highest BCUT2D eigenvalue weighted by atomic mass is 15.4. The number of pyridine rings is 1. The van der Waals surface area contributed by atoms with E-state index in [9.17, 15) is 0 Å². The minimum atomic E-state index is 0.354. The fourth-order valence-electron chi connectivity index (χ4n) is 1.35. The van der Waals surface area contributed by atoms with Gasteiger partial charge in [-0.05, 0) is 32.9 Å². The monoisotopic (exact) mass is 190 g/mol. The number of nitrogens with one attached hydrogen (secondary N) is 1. The highest BCUT2D eigenvalue weighted by Crippen LogP contribution is 2.08. The molecule has 2 heterocycles. The second-order valence-corrected chi connectivity index (χ2v) is 3.67. The molecule has 0 amide bonds. The van der Waals surface area contributed by atoms with Crippen LogP contribution in [0.3, 0.4) is 0 Å². The first-order valence-electron chi connectivity index (χ1n) is 4.76. The summed E-state index contributed by atoms with van der Waals surface area (Å²) in [7, 11) is 0. The van der Waals surface area contributed by atoms with Gasteiger partial charge in [-0.2, -0.15) is 4.98 Å². The fraction of sp³-hybridized carbons (Fsp3) is 0.400.